The lowest BCUT2D eigenvalue weighted by atomic mass is 9.85. The molecule has 0 spiro atoms. The van der Waals surface area contributed by atoms with Crippen molar-refractivity contribution < 1.29 is 9.53 Å². The van der Waals surface area contributed by atoms with E-state index in [2.05, 4.69) is 12.2 Å². The van der Waals surface area contributed by atoms with Gasteiger partial charge in [-0.2, -0.15) is 0 Å². The van der Waals surface area contributed by atoms with Gasteiger partial charge in [-0.25, -0.2) is 4.79 Å². The van der Waals surface area contributed by atoms with E-state index in [9.17, 15) is 4.79 Å². The molecular formula is C16H23NO2. The predicted molar refractivity (Wildman–Crippen MR) is 75.8 cm³/mol. The van der Waals surface area contributed by atoms with Gasteiger partial charge in [-0.15, -0.1) is 0 Å². The number of carbonyl (C=O) groups excluding carboxylic acids is 1. The van der Waals surface area contributed by atoms with Gasteiger partial charge in [0.1, 0.15) is 6.04 Å². The van der Waals surface area contributed by atoms with Crippen LogP contribution in [-0.4, -0.2) is 19.1 Å². The van der Waals surface area contributed by atoms with Crippen molar-refractivity contribution >= 4 is 5.97 Å². The average Bonchev–Trinajstić information content (AvgIpc) is 2.46. The Balaban J connectivity index is 2.12. The smallest absolute Gasteiger partial charge is 0.327 e. The van der Waals surface area contributed by atoms with Gasteiger partial charge in [0.2, 0.25) is 0 Å². The molecule has 1 aromatic carbocycles. The van der Waals surface area contributed by atoms with Crippen molar-refractivity contribution in [3.8, 4) is 0 Å². The van der Waals surface area contributed by atoms with Gasteiger partial charge in [-0.3, -0.25) is 5.32 Å². The Bertz CT molecular complexity index is 404. The molecule has 1 aliphatic rings. The summed E-state index contributed by atoms with van der Waals surface area (Å²) in [5.74, 6) is 0.411. The van der Waals surface area contributed by atoms with Crippen molar-refractivity contribution in [3.05, 3.63) is 35.9 Å². The largest absolute Gasteiger partial charge is 0.468 e. The molecular weight excluding hydrogens is 238 g/mol. The number of nitrogens with one attached hydrogen (secondary N) is 1. The van der Waals surface area contributed by atoms with Gasteiger partial charge in [0.25, 0.3) is 0 Å². The van der Waals surface area contributed by atoms with Crippen LogP contribution in [0, 0.1) is 5.92 Å². The van der Waals surface area contributed by atoms with E-state index < -0.39 is 0 Å². The molecule has 1 saturated carbocycles. The van der Waals surface area contributed by atoms with Crippen LogP contribution in [0.2, 0.25) is 0 Å². The summed E-state index contributed by atoms with van der Waals surface area (Å²) in [6, 6.07) is 9.87. The lowest BCUT2D eigenvalue weighted by Crippen LogP contribution is -2.42. The Morgan fingerprint density at radius 1 is 1.26 bits per heavy atom. The van der Waals surface area contributed by atoms with Gasteiger partial charge < -0.3 is 4.74 Å². The van der Waals surface area contributed by atoms with Gasteiger partial charge in [0, 0.05) is 6.04 Å². The molecule has 2 rings (SSSR count). The molecule has 3 heteroatoms. The number of ether oxygens (including phenoxy) is 1. The highest BCUT2D eigenvalue weighted by Crippen LogP contribution is 2.26. The fourth-order valence-corrected chi connectivity index (χ4v) is 2.84. The molecule has 0 aromatic heterocycles. The summed E-state index contributed by atoms with van der Waals surface area (Å²) in [5.41, 5.74) is 0.979. The maximum atomic E-state index is 12.0. The molecule has 1 fully saturated rings. The first kappa shape index (κ1) is 14.1. The standard InChI is InChI=1S/C16H23NO2/c1-12-8-6-7-11-14(12)17-15(16(18)19-2)13-9-4-3-5-10-13/h3-5,9-10,12,14-15,17H,6-8,11H2,1-2H3/t12-,14-,15+/m0/s1. The van der Waals surface area contributed by atoms with E-state index in [4.69, 9.17) is 4.74 Å². The summed E-state index contributed by atoms with van der Waals surface area (Å²) < 4.78 is 4.94. The van der Waals surface area contributed by atoms with Crippen LogP contribution < -0.4 is 5.32 Å². The normalized spacial score (nSPS) is 24.7. The minimum atomic E-state index is -0.350. The van der Waals surface area contributed by atoms with E-state index >= 15 is 0 Å². The molecule has 0 bridgehead atoms. The van der Waals surface area contributed by atoms with Gasteiger partial charge in [0.15, 0.2) is 0 Å². The topological polar surface area (TPSA) is 38.3 Å². The van der Waals surface area contributed by atoms with Gasteiger partial charge in [-0.05, 0) is 24.3 Å². The zero-order valence-electron chi connectivity index (χ0n) is 11.8. The molecule has 0 unspecified atom stereocenters. The fraction of sp³-hybridized carbons (Fsp3) is 0.562. The van der Waals surface area contributed by atoms with Crippen LogP contribution in [0.3, 0.4) is 0 Å². The Labute approximate surface area is 115 Å². The van der Waals surface area contributed by atoms with Crippen LogP contribution in [-0.2, 0) is 9.53 Å². The highest BCUT2D eigenvalue weighted by molar-refractivity contribution is 5.77. The van der Waals surface area contributed by atoms with Crippen LogP contribution in [0.25, 0.3) is 0 Å². The van der Waals surface area contributed by atoms with Crippen molar-refractivity contribution in [2.24, 2.45) is 5.92 Å². The lowest BCUT2D eigenvalue weighted by molar-refractivity contribution is -0.143. The second kappa shape index (κ2) is 6.71. The molecule has 104 valence electrons. The first-order chi connectivity index (χ1) is 9.22. The summed E-state index contributed by atoms with van der Waals surface area (Å²) in [5, 5.41) is 3.50. The van der Waals surface area contributed by atoms with E-state index in [0.717, 1.165) is 12.0 Å². The van der Waals surface area contributed by atoms with Crippen molar-refractivity contribution in [2.45, 2.75) is 44.7 Å². The molecule has 0 aliphatic heterocycles. The number of methoxy groups -OCH3 is 1. The number of carbonyl (C=O) groups is 1. The second-order valence-corrected chi connectivity index (χ2v) is 5.40. The van der Waals surface area contributed by atoms with E-state index in [1.807, 2.05) is 30.3 Å². The summed E-state index contributed by atoms with van der Waals surface area (Å²) in [4.78, 5) is 12.0. The Morgan fingerprint density at radius 2 is 1.95 bits per heavy atom. The van der Waals surface area contributed by atoms with E-state index in [1.54, 1.807) is 0 Å². The van der Waals surface area contributed by atoms with E-state index in [-0.39, 0.29) is 12.0 Å². The fourth-order valence-electron chi connectivity index (χ4n) is 2.84. The zero-order valence-corrected chi connectivity index (χ0v) is 11.8. The molecule has 3 nitrogen and oxygen atoms in total. The maximum absolute atomic E-state index is 12.0. The third-order valence-corrected chi connectivity index (χ3v) is 4.06. The predicted octanol–water partition coefficient (Wildman–Crippen LogP) is 3.07. The maximum Gasteiger partial charge on any atom is 0.327 e. The lowest BCUT2D eigenvalue weighted by Gasteiger charge is -2.32. The van der Waals surface area contributed by atoms with Crippen LogP contribution >= 0.6 is 0 Å². The number of rotatable bonds is 4. The Morgan fingerprint density at radius 3 is 2.58 bits per heavy atom. The Hall–Kier alpha value is -1.35. The number of hydrogen-bond donors (Lipinski definition) is 1. The number of esters is 1. The first-order valence-corrected chi connectivity index (χ1v) is 7.11. The number of benzene rings is 1. The summed E-state index contributed by atoms with van der Waals surface area (Å²) >= 11 is 0. The third-order valence-electron chi connectivity index (χ3n) is 4.06. The highest BCUT2D eigenvalue weighted by Gasteiger charge is 2.28. The molecule has 3 atom stereocenters. The van der Waals surface area contributed by atoms with Crippen LogP contribution in [0.5, 0.6) is 0 Å². The second-order valence-electron chi connectivity index (χ2n) is 5.40. The molecule has 1 aliphatic carbocycles. The average molecular weight is 261 g/mol. The van der Waals surface area contributed by atoms with Crippen molar-refractivity contribution in [2.75, 3.05) is 7.11 Å². The molecule has 0 heterocycles. The molecule has 0 amide bonds. The highest BCUT2D eigenvalue weighted by atomic mass is 16.5. The van der Waals surface area contributed by atoms with Gasteiger partial charge in [-0.1, -0.05) is 50.1 Å². The van der Waals surface area contributed by atoms with Crippen LogP contribution in [0.4, 0.5) is 0 Å². The summed E-state index contributed by atoms with van der Waals surface area (Å²) in [7, 11) is 1.45. The van der Waals surface area contributed by atoms with Crippen LogP contribution in [0.15, 0.2) is 30.3 Å². The SMILES string of the molecule is COC(=O)[C@H](N[C@H]1CCCC[C@@H]1C)c1ccccc1. The Kier molecular flexibility index (Phi) is 4.97. The first-order valence-electron chi connectivity index (χ1n) is 7.11. The molecule has 0 radical (unpaired) electrons. The molecule has 1 aromatic rings. The zero-order chi connectivity index (χ0) is 13.7. The van der Waals surface area contributed by atoms with E-state index in [1.165, 1.54) is 26.4 Å². The van der Waals surface area contributed by atoms with Crippen molar-refractivity contribution in [1.82, 2.24) is 5.32 Å². The van der Waals surface area contributed by atoms with Crippen molar-refractivity contribution in [3.63, 3.8) is 0 Å². The van der Waals surface area contributed by atoms with Gasteiger partial charge >= 0.3 is 5.97 Å². The van der Waals surface area contributed by atoms with E-state index in [0.29, 0.717) is 12.0 Å². The number of hydrogen-bond acceptors (Lipinski definition) is 3. The monoisotopic (exact) mass is 261 g/mol. The minimum absolute atomic E-state index is 0.205. The van der Waals surface area contributed by atoms with Crippen LogP contribution in [0.1, 0.15) is 44.2 Å². The molecule has 1 N–H and O–H groups in total. The summed E-state index contributed by atoms with van der Waals surface area (Å²) in [6.07, 6.45) is 4.92. The third kappa shape index (κ3) is 3.57. The minimum Gasteiger partial charge on any atom is -0.468 e. The molecule has 19 heavy (non-hydrogen) atoms. The quantitative estimate of drug-likeness (QED) is 0.847. The summed E-state index contributed by atoms with van der Waals surface area (Å²) in [6.45, 7) is 2.26. The van der Waals surface area contributed by atoms with Gasteiger partial charge in [0.05, 0.1) is 7.11 Å². The molecule has 0 saturated heterocycles. The van der Waals surface area contributed by atoms with Crippen molar-refractivity contribution in [1.29, 1.82) is 0 Å².